The van der Waals surface area contributed by atoms with Gasteiger partial charge < -0.3 is 5.11 Å². The minimum absolute atomic E-state index is 0.0550. The highest BCUT2D eigenvalue weighted by atomic mass is 32.2. The molecule has 1 heterocycles. The van der Waals surface area contributed by atoms with Crippen LogP contribution in [0.1, 0.15) is 5.69 Å². The molecular formula is C7H5N3O2S. The normalized spacial score (nSPS) is 9.15. The predicted octanol–water partition coefficient (Wildman–Crippen LogP) is 0.525. The van der Waals surface area contributed by atoms with Gasteiger partial charge in [0, 0.05) is 0 Å². The Hall–Kier alpha value is -1.61. The van der Waals surface area contributed by atoms with Crippen LogP contribution >= 0.6 is 11.8 Å². The molecule has 0 aliphatic rings. The summed E-state index contributed by atoms with van der Waals surface area (Å²) in [5, 5.41) is 24.4. The van der Waals surface area contributed by atoms with Crippen molar-refractivity contribution in [1.29, 1.82) is 5.26 Å². The summed E-state index contributed by atoms with van der Waals surface area (Å²) in [6.07, 6.45) is 0. The molecular weight excluding hydrogens is 190 g/mol. The molecule has 0 radical (unpaired) electrons. The van der Waals surface area contributed by atoms with Crippen LogP contribution in [0.3, 0.4) is 0 Å². The topological polar surface area (TPSA) is 86.9 Å². The summed E-state index contributed by atoms with van der Waals surface area (Å²) in [4.78, 5) is 10.2. The fourth-order valence-corrected chi connectivity index (χ4v) is 1.13. The Morgan fingerprint density at radius 2 is 2.38 bits per heavy atom. The summed E-state index contributed by atoms with van der Waals surface area (Å²) < 4.78 is 0. The van der Waals surface area contributed by atoms with Gasteiger partial charge >= 0.3 is 5.97 Å². The van der Waals surface area contributed by atoms with Gasteiger partial charge in [-0.3, -0.25) is 4.79 Å². The largest absolute Gasteiger partial charge is 0.481 e. The third-order valence-corrected chi connectivity index (χ3v) is 2.00. The monoisotopic (exact) mass is 195 g/mol. The summed E-state index contributed by atoms with van der Waals surface area (Å²) in [5.74, 6) is -0.961. The lowest BCUT2D eigenvalue weighted by Gasteiger charge is -1.94. The number of aromatic nitrogens is 2. The zero-order valence-corrected chi connectivity index (χ0v) is 7.28. The van der Waals surface area contributed by atoms with Crippen LogP contribution in [0.5, 0.6) is 0 Å². The Labute approximate surface area is 78.4 Å². The molecule has 1 aromatic heterocycles. The Morgan fingerprint density at radius 3 is 2.85 bits per heavy atom. The maximum atomic E-state index is 10.2. The van der Waals surface area contributed by atoms with Crippen LogP contribution in [-0.4, -0.2) is 27.0 Å². The van der Waals surface area contributed by atoms with Crippen molar-refractivity contribution in [2.75, 3.05) is 5.75 Å². The molecule has 13 heavy (non-hydrogen) atoms. The molecule has 6 heteroatoms. The number of carboxylic acid groups (broad SMARTS) is 1. The van der Waals surface area contributed by atoms with Crippen molar-refractivity contribution >= 4 is 17.7 Å². The van der Waals surface area contributed by atoms with Gasteiger partial charge in [-0.25, -0.2) is 0 Å². The van der Waals surface area contributed by atoms with Gasteiger partial charge in [-0.2, -0.15) is 5.26 Å². The van der Waals surface area contributed by atoms with Gasteiger partial charge in [0.2, 0.25) is 0 Å². The van der Waals surface area contributed by atoms with Crippen molar-refractivity contribution in [2.24, 2.45) is 0 Å². The average molecular weight is 195 g/mol. The molecule has 1 rings (SSSR count). The second-order valence-corrected chi connectivity index (χ2v) is 3.05. The van der Waals surface area contributed by atoms with Crippen molar-refractivity contribution in [1.82, 2.24) is 10.2 Å². The third kappa shape index (κ3) is 3.09. The van der Waals surface area contributed by atoms with E-state index in [1.54, 1.807) is 6.07 Å². The van der Waals surface area contributed by atoms with Gasteiger partial charge in [-0.05, 0) is 12.1 Å². The van der Waals surface area contributed by atoms with Gasteiger partial charge in [0.25, 0.3) is 0 Å². The molecule has 0 fully saturated rings. The van der Waals surface area contributed by atoms with E-state index in [2.05, 4.69) is 10.2 Å². The summed E-state index contributed by atoms with van der Waals surface area (Å²) in [5.41, 5.74) is 0.222. The zero-order valence-electron chi connectivity index (χ0n) is 6.47. The second-order valence-electron chi connectivity index (χ2n) is 2.05. The van der Waals surface area contributed by atoms with Crippen LogP contribution in [0, 0.1) is 11.3 Å². The van der Waals surface area contributed by atoms with Crippen LogP contribution in [0.25, 0.3) is 0 Å². The van der Waals surface area contributed by atoms with Crippen LogP contribution in [0.15, 0.2) is 17.2 Å². The quantitative estimate of drug-likeness (QED) is 0.707. The Balaban J connectivity index is 2.60. The fourth-order valence-electron chi connectivity index (χ4n) is 0.592. The van der Waals surface area contributed by atoms with E-state index in [1.165, 1.54) is 6.07 Å². The molecule has 0 saturated heterocycles. The van der Waals surface area contributed by atoms with Gasteiger partial charge in [-0.1, -0.05) is 11.8 Å². The molecule has 0 aliphatic carbocycles. The maximum Gasteiger partial charge on any atom is 0.313 e. The minimum Gasteiger partial charge on any atom is -0.481 e. The molecule has 0 saturated carbocycles. The standard InChI is InChI=1S/C7H5N3O2S/c8-3-5-1-2-6(10-9-5)13-4-7(11)12/h1-2H,4H2,(H,11,12). The van der Waals surface area contributed by atoms with Crippen LogP contribution < -0.4 is 0 Å². The van der Waals surface area contributed by atoms with Gasteiger partial charge in [0.15, 0.2) is 5.69 Å². The van der Waals surface area contributed by atoms with E-state index in [1.807, 2.05) is 6.07 Å². The highest BCUT2D eigenvalue weighted by Crippen LogP contribution is 2.12. The zero-order chi connectivity index (χ0) is 9.68. The number of nitrogens with zero attached hydrogens (tertiary/aromatic N) is 3. The van der Waals surface area contributed by atoms with Crippen molar-refractivity contribution in [3.8, 4) is 6.07 Å². The second kappa shape index (κ2) is 4.42. The molecule has 5 nitrogen and oxygen atoms in total. The Kier molecular flexibility index (Phi) is 3.23. The highest BCUT2D eigenvalue weighted by Gasteiger charge is 2.01. The maximum absolute atomic E-state index is 10.2. The number of thioether (sulfide) groups is 1. The highest BCUT2D eigenvalue weighted by molar-refractivity contribution is 7.99. The number of hydrogen-bond donors (Lipinski definition) is 1. The minimum atomic E-state index is -0.906. The fraction of sp³-hybridized carbons (Fsp3) is 0.143. The molecule has 1 aromatic rings. The van der Waals surface area contributed by atoms with Crippen molar-refractivity contribution in [3.05, 3.63) is 17.8 Å². The molecule has 0 spiro atoms. The van der Waals surface area contributed by atoms with Crippen LogP contribution in [0.2, 0.25) is 0 Å². The predicted molar refractivity (Wildman–Crippen MR) is 45.1 cm³/mol. The molecule has 0 amide bonds. The first-order chi connectivity index (χ1) is 6.22. The lowest BCUT2D eigenvalue weighted by molar-refractivity contribution is -0.133. The van der Waals surface area contributed by atoms with E-state index in [4.69, 9.17) is 10.4 Å². The van der Waals surface area contributed by atoms with Crippen LogP contribution in [-0.2, 0) is 4.79 Å². The van der Waals surface area contributed by atoms with Gasteiger partial charge in [0.1, 0.15) is 11.1 Å². The first-order valence-corrected chi connectivity index (χ1v) is 4.29. The van der Waals surface area contributed by atoms with E-state index in [0.29, 0.717) is 5.03 Å². The van der Waals surface area contributed by atoms with Crippen molar-refractivity contribution in [2.45, 2.75) is 5.03 Å². The Morgan fingerprint density at radius 1 is 1.62 bits per heavy atom. The number of aliphatic carboxylic acids is 1. The van der Waals surface area contributed by atoms with Crippen LogP contribution in [0.4, 0.5) is 0 Å². The van der Waals surface area contributed by atoms with E-state index in [9.17, 15) is 4.79 Å². The van der Waals surface area contributed by atoms with Crippen molar-refractivity contribution in [3.63, 3.8) is 0 Å². The summed E-state index contributed by atoms with van der Waals surface area (Å²) in [6, 6.07) is 4.89. The molecule has 0 unspecified atom stereocenters. The molecule has 0 bridgehead atoms. The summed E-state index contributed by atoms with van der Waals surface area (Å²) >= 11 is 1.07. The van der Waals surface area contributed by atoms with Gasteiger partial charge in [-0.15, -0.1) is 10.2 Å². The number of rotatable bonds is 3. The van der Waals surface area contributed by atoms with E-state index in [-0.39, 0.29) is 11.4 Å². The molecule has 0 aliphatic heterocycles. The third-order valence-electron chi connectivity index (χ3n) is 1.10. The lowest BCUT2D eigenvalue weighted by atomic mass is 10.4. The average Bonchev–Trinajstić information content (AvgIpc) is 2.15. The molecule has 66 valence electrons. The number of carbonyl (C=O) groups is 1. The smallest absolute Gasteiger partial charge is 0.313 e. The molecule has 0 atom stereocenters. The number of hydrogen-bond acceptors (Lipinski definition) is 5. The summed E-state index contributed by atoms with van der Waals surface area (Å²) in [6.45, 7) is 0. The van der Waals surface area contributed by atoms with E-state index >= 15 is 0 Å². The number of nitriles is 1. The molecule has 0 aromatic carbocycles. The Bertz CT molecular complexity index is 344. The first-order valence-electron chi connectivity index (χ1n) is 3.31. The molecule has 1 N–H and O–H groups in total. The van der Waals surface area contributed by atoms with Crippen molar-refractivity contribution < 1.29 is 9.90 Å². The van der Waals surface area contributed by atoms with E-state index in [0.717, 1.165) is 11.8 Å². The van der Waals surface area contributed by atoms with E-state index < -0.39 is 5.97 Å². The van der Waals surface area contributed by atoms with Gasteiger partial charge in [0.05, 0.1) is 5.75 Å². The summed E-state index contributed by atoms with van der Waals surface area (Å²) in [7, 11) is 0. The number of carboxylic acids is 1. The SMILES string of the molecule is N#Cc1ccc(SCC(=O)O)nn1. The lowest BCUT2D eigenvalue weighted by Crippen LogP contribution is -1.98. The first kappa shape index (κ1) is 9.48.